The van der Waals surface area contributed by atoms with Crippen LogP contribution in [0.1, 0.15) is 20.7 Å². The maximum absolute atomic E-state index is 11.2. The molecule has 0 aliphatic carbocycles. The van der Waals surface area contributed by atoms with Crippen molar-refractivity contribution >= 4 is 11.9 Å². The Morgan fingerprint density at radius 2 is 1.86 bits per heavy atom. The first-order chi connectivity index (χ1) is 6.70. The molecule has 0 heterocycles. The molecular formula is C10H9O4. The van der Waals surface area contributed by atoms with Crippen LogP contribution >= 0.6 is 0 Å². The Bertz CT molecular complexity index is 322. The number of hydrogen-bond acceptors (Lipinski definition) is 4. The SMILES string of the molecule is COC(=O)c1[c]cccc1C(=O)OC. The molecule has 0 spiro atoms. The van der Waals surface area contributed by atoms with Gasteiger partial charge in [-0.05, 0) is 12.1 Å². The van der Waals surface area contributed by atoms with Gasteiger partial charge in [-0.2, -0.15) is 0 Å². The summed E-state index contributed by atoms with van der Waals surface area (Å²) >= 11 is 0. The molecule has 4 heteroatoms. The molecule has 0 aliphatic rings. The van der Waals surface area contributed by atoms with Crippen molar-refractivity contribution in [2.45, 2.75) is 0 Å². The summed E-state index contributed by atoms with van der Waals surface area (Å²) in [6, 6.07) is 7.23. The highest BCUT2D eigenvalue weighted by atomic mass is 16.5. The topological polar surface area (TPSA) is 52.6 Å². The number of esters is 2. The third-order valence-electron chi connectivity index (χ3n) is 1.65. The molecular weight excluding hydrogens is 184 g/mol. The van der Waals surface area contributed by atoms with Gasteiger partial charge in [-0.15, -0.1) is 0 Å². The normalized spacial score (nSPS) is 9.29. The van der Waals surface area contributed by atoms with Crippen LogP contribution in [0.5, 0.6) is 0 Å². The highest BCUT2D eigenvalue weighted by Crippen LogP contribution is 2.10. The second-order valence-corrected chi connectivity index (χ2v) is 2.44. The van der Waals surface area contributed by atoms with E-state index in [-0.39, 0.29) is 11.1 Å². The molecule has 0 saturated carbocycles. The Morgan fingerprint density at radius 1 is 1.21 bits per heavy atom. The quantitative estimate of drug-likeness (QED) is 0.659. The molecule has 0 amide bonds. The lowest BCUT2D eigenvalue weighted by Gasteiger charge is -2.04. The summed E-state index contributed by atoms with van der Waals surface area (Å²) in [5.41, 5.74) is 0.240. The second kappa shape index (κ2) is 4.41. The minimum atomic E-state index is -0.606. The number of rotatable bonds is 2. The van der Waals surface area contributed by atoms with Crippen LogP contribution in [-0.4, -0.2) is 26.2 Å². The van der Waals surface area contributed by atoms with Crippen molar-refractivity contribution in [1.82, 2.24) is 0 Å². The zero-order valence-corrected chi connectivity index (χ0v) is 7.87. The van der Waals surface area contributed by atoms with Crippen molar-refractivity contribution in [3.05, 3.63) is 35.4 Å². The van der Waals surface area contributed by atoms with Gasteiger partial charge in [-0.1, -0.05) is 12.1 Å². The van der Waals surface area contributed by atoms with E-state index in [4.69, 9.17) is 0 Å². The maximum Gasteiger partial charge on any atom is 0.339 e. The molecule has 73 valence electrons. The zero-order chi connectivity index (χ0) is 10.6. The smallest absolute Gasteiger partial charge is 0.339 e. The van der Waals surface area contributed by atoms with Crippen LogP contribution in [0.15, 0.2) is 18.2 Å². The molecule has 0 fully saturated rings. The van der Waals surface area contributed by atoms with Crippen molar-refractivity contribution in [3.8, 4) is 0 Å². The number of carbonyl (C=O) groups excluding carboxylic acids is 2. The molecule has 4 nitrogen and oxygen atoms in total. The van der Waals surface area contributed by atoms with E-state index in [1.54, 1.807) is 6.07 Å². The van der Waals surface area contributed by atoms with Crippen LogP contribution < -0.4 is 0 Å². The van der Waals surface area contributed by atoms with E-state index >= 15 is 0 Å². The molecule has 1 aromatic carbocycles. The predicted molar refractivity (Wildman–Crippen MR) is 48.0 cm³/mol. The third-order valence-corrected chi connectivity index (χ3v) is 1.65. The Labute approximate surface area is 81.4 Å². The maximum atomic E-state index is 11.2. The molecule has 0 atom stereocenters. The van der Waals surface area contributed by atoms with Crippen LogP contribution in [-0.2, 0) is 9.47 Å². The highest BCUT2D eigenvalue weighted by Gasteiger charge is 2.17. The van der Waals surface area contributed by atoms with Gasteiger partial charge in [0.15, 0.2) is 0 Å². The predicted octanol–water partition coefficient (Wildman–Crippen LogP) is 1.06. The average Bonchev–Trinajstić information content (AvgIpc) is 2.27. The Balaban J connectivity index is 3.15. The van der Waals surface area contributed by atoms with Gasteiger partial charge in [0, 0.05) is 0 Å². The van der Waals surface area contributed by atoms with Crippen LogP contribution in [0.3, 0.4) is 0 Å². The van der Waals surface area contributed by atoms with Gasteiger partial charge in [0.2, 0.25) is 0 Å². The van der Waals surface area contributed by atoms with E-state index in [0.717, 1.165) is 0 Å². The molecule has 0 unspecified atom stereocenters. The monoisotopic (exact) mass is 193 g/mol. The summed E-state index contributed by atoms with van der Waals surface area (Å²) in [5, 5.41) is 0. The fourth-order valence-electron chi connectivity index (χ4n) is 0.988. The van der Waals surface area contributed by atoms with E-state index in [1.807, 2.05) is 0 Å². The Hall–Kier alpha value is -1.84. The van der Waals surface area contributed by atoms with Crippen LogP contribution in [0.2, 0.25) is 0 Å². The molecule has 0 bridgehead atoms. The molecule has 14 heavy (non-hydrogen) atoms. The Morgan fingerprint density at radius 3 is 2.43 bits per heavy atom. The van der Waals surface area contributed by atoms with Gasteiger partial charge >= 0.3 is 11.9 Å². The minimum Gasteiger partial charge on any atom is -0.465 e. The number of hydrogen-bond donors (Lipinski definition) is 0. The summed E-state index contributed by atoms with van der Waals surface area (Å²) < 4.78 is 9.00. The average molecular weight is 193 g/mol. The van der Waals surface area contributed by atoms with E-state index in [2.05, 4.69) is 15.5 Å². The summed E-state index contributed by atoms with van der Waals surface area (Å²) in [6.45, 7) is 0. The van der Waals surface area contributed by atoms with Crippen molar-refractivity contribution < 1.29 is 19.1 Å². The Kier molecular flexibility index (Phi) is 3.23. The largest absolute Gasteiger partial charge is 0.465 e. The van der Waals surface area contributed by atoms with Gasteiger partial charge in [-0.25, -0.2) is 9.59 Å². The summed E-state index contributed by atoms with van der Waals surface area (Å²) in [6.07, 6.45) is 0. The number of benzene rings is 1. The van der Waals surface area contributed by atoms with Crippen LogP contribution in [0, 0.1) is 6.07 Å². The van der Waals surface area contributed by atoms with E-state index in [0.29, 0.717) is 0 Å². The second-order valence-electron chi connectivity index (χ2n) is 2.44. The highest BCUT2D eigenvalue weighted by molar-refractivity contribution is 6.02. The van der Waals surface area contributed by atoms with Crippen LogP contribution in [0.25, 0.3) is 0 Å². The van der Waals surface area contributed by atoms with Crippen molar-refractivity contribution in [3.63, 3.8) is 0 Å². The minimum absolute atomic E-state index is 0.0850. The zero-order valence-electron chi connectivity index (χ0n) is 7.87. The fourth-order valence-corrected chi connectivity index (χ4v) is 0.988. The van der Waals surface area contributed by atoms with Gasteiger partial charge in [0.1, 0.15) is 0 Å². The molecule has 1 rings (SSSR count). The molecule has 0 aromatic heterocycles. The summed E-state index contributed by atoms with van der Waals surface area (Å²) in [4.78, 5) is 22.4. The fraction of sp³-hybridized carbons (Fsp3) is 0.200. The molecule has 0 aliphatic heterocycles. The van der Waals surface area contributed by atoms with Crippen molar-refractivity contribution in [1.29, 1.82) is 0 Å². The first kappa shape index (κ1) is 10.2. The first-order valence-corrected chi connectivity index (χ1v) is 3.88. The molecule has 0 saturated heterocycles. The lowest BCUT2D eigenvalue weighted by Crippen LogP contribution is -2.11. The number of methoxy groups -OCH3 is 2. The van der Waals surface area contributed by atoms with Crippen LogP contribution in [0.4, 0.5) is 0 Å². The van der Waals surface area contributed by atoms with Crippen molar-refractivity contribution in [2.75, 3.05) is 14.2 Å². The van der Waals surface area contributed by atoms with Crippen molar-refractivity contribution in [2.24, 2.45) is 0 Å². The van der Waals surface area contributed by atoms with Gasteiger partial charge in [0.05, 0.1) is 25.3 Å². The van der Waals surface area contributed by atoms with Gasteiger partial charge in [0.25, 0.3) is 0 Å². The molecule has 0 N–H and O–H groups in total. The lowest BCUT2D eigenvalue weighted by molar-refractivity contribution is 0.0555. The summed E-state index contributed by atoms with van der Waals surface area (Å²) in [5.74, 6) is -1.19. The van der Waals surface area contributed by atoms with Gasteiger partial charge < -0.3 is 9.47 Å². The van der Waals surface area contributed by atoms with E-state index in [9.17, 15) is 9.59 Å². The third kappa shape index (κ3) is 1.90. The molecule has 1 radical (unpaired) electrons. The standard InChI is InChI=1S/C10H9O4/c1-13-9(11)7-5-3-4-6-8(7)10(12)14-2/h3-5H,1-2H3. The van der Waals surface area contributed by atoms with Gasteiger partial charge in [-0.3, -0.25) is 0 Å². The molecule has 1 aromatic rings. The van der Waals surface area contributed by atoms with E-state index < -0.39 is 11.9 Å². The first-order valence-electron chi connectivity index (χ1n) is 3.88. The summed E-state index contributed by atoms with van der Waals surface area (Å²) in [7, 11) is 2.49. The lowest BCUT2D eigenvalue weighted by atomic mass is 10.1. The number of ether oxygens (including phenoxy) is 2. The number of carbonyl (C=O) groups is 2. The van der Waals surface area contributed by atoms with E-state index in [1.165, 1.54) is 26.4 Å².